The summed E-state index contributed by atoms with van der Waals surface area (Å²) in [6, 6.07) is 0. The van der Waals surface area contributed by atoms with Crippen LogP contribution in [-0.4, -0.2) is 12.8 Å². The van der Waals surface area contributed by atoms with E-state index in [1.165, 1.54) is 0 Å². The Kier molecular flexibility index (Phi) is 4.37. The van der Waals surface area contributed by atoms with Gasteiger partial charge in [-0.15, -0.1) is 0 Å². The van der Waals surface area contributed by atoms with Gasteiger partial charge < -0.3 is 4.74 Å². The van der Waals surface area contributed by atoms with E-state index in [-0.39, 0.29) is 6.61 Å². The predicted molar refractivity (Wildman–Crippen MR) is 36.0 cm³/mol. The lowest BCUT2D eigenvalue weighted by Crippen LogP contribution is -1.97. The summed E-state index contributed by atoms with van der Waals surface area (Å²) in [6.07, 6.45) is 2.04. The maximum Gasteiger partial charge on any atom is 0.550 e. The highest BCUT2D eigenvalue weighted by Crippen LogP contribution is 1.92. The molecule has 0 atom stereocenters. The zero-order valence-electron chi connectivity index (χ0n) is 6.16. The molecule has 0 amide bonds. The molecule has 0 fully saturated rings. The van der Waals surface area contributed by atoms with Crippen molar-refractivity contribution < 1.29 is 14.6 Å². The Morgan fingerprint density at radius 2 is 2.20 bits per heavy atom. The second-order valence-electron chi connectivity index (χ2n) is 2.23. The minimum Gasteiger partial charge on any atom is -0.428 e. The van der Waals surface area contributed by atoms with Crippen molar-refractivity contribution in [3.8, 4) is 0 Å². The molecule has 0 aliphatic rings. The third kappa shape index (κ3) is 7.01. The summed E-state index contributed by atoms with van der Waals surface area (Å²) in [5, 5.41) is 9.68. The number of hydrogen-bond donors (Lipinski definition) is 0. The van der Waals surface area contributed by atoms with E-state index in [4.69, 9.17) is 0 Å². The van der Waals surface area contributed by atoms with Crippen molar-refractivity contribution >= 4 is 6.16 Å². The summed E-state index contributed by atoms with van der Waals surface area (Å²) in [6.45, 7) is 4.07. The SMILES string of the molecule is CC(C)C=CCOC([O])=O. The van der Waals surface area contributed by atoms with Crippen molar-refractivity contribution in [3.05, 3.63) is 12.2 Å². The Hall–Kier alpha value is -0.990. The number of ether oxygens (including phenoxy) is 1. The monoisotopic (exact) mass is 143 g/mol. The molecule has 0 aromatic rings. The van der Waals surface area contributed by atoms with Crippen molar-refractivity contribution in [1.29, 1.82) is 0 Å². The average molecular weight is 143 g/mol. The molecule has 0 aromatic carbocycles. The van der Waals surface area contributed by atoms with Crippen LogP contribution in [-0.2, 0) is 9.84 Å². The second kappa shape index (κ2) is 4.85. The number of allylic oxidation sites excluding steroid dienone is 1. The summed E-state index contributed by atoms with van der Waals surface area (Å²) < 4.78 is 4.11. The van der Waals surface area contributed by atoms with Gasteiger partial charge in [0.1, 0.15) is 6.61 Å². The first kappa shape index (κ1) is 9.01. The number of carbonyl (C=O) groups is 1. The standard InChI is InChI=1S/C7H11O3/c1-6(2)4-3-5-10-7(8)9/h3-4,6H,5H2,1-2H3. The van der Waals surface area contributed by atoms with E-state index in [1.54, 1.807) is 6.08 Å². The molecule has 0 aromatic heterocycles. The third-order valence-electron chi connectivity index (χ3n) is 0.818. The Morgan fingerprint density at radius 1 is 1.60 bits per heavy atom. The van der Waals surface area contributed by atoms with Crippen LogP contribution in [0.5, 0.6) is 0 Å². The molecule has 0 rings (SSSR count). The van der Waals surface area contributed by atoms with Gasteiger partial charge in [-0.05, 0) is 5.92 Å². The molecule has 3 heteroatoms. The lowest BCUT2D eigenvalue weighted by Gasteiger charge is -1.93. The van der Waals surface area contributed by atoms with Crippen molar-refractivity contribution in [2.24, 2.45) is 5.92 Å². The van der Waals surface area contributed by atoms with Crippen LogP contribution in [0.1, 0.15) is 13.8 Å². The molecule has 0 bridgehead atoms. The summed E-state index contributed by atoms with van der Waals surface area (Å²) in [5.41, 5.74) is 0. The molecule has 10 heavy (non-hydrogen) atoms. The largest absolute Gasteiger partial charge is 0.550 e. The summed E-state index contributed by atoms with van der Waals surface area (Å²) in [5.74, 6) is 0.422. The first-order valence-electron chi connectivity index (χ1n) is 3.13. The van der Waals surface area contributed by atoms with Gasteiger partial charge in [0.25, 0.3) is 0 Å². The summed E-state index contributed by atoms with van der Waals surface area (Å²) >= 11 is 0. The molecular formula is C7H11O3. The molecule has 0 N–H and O–H groups in total. The van der Waals surface area contributed by atoms with Crippen molar-refractivity contribution in [3.63, 3.8) is 0 Å². The summed E-state index contributed by atoms with van der Waals surface area (Å²) in [7, 11) is 0. The minimum absolute atomic E-state index is 0.0838. The molecule has 0 unspecified atom stereocenters. The van der Waals surface area contributed by atoms with Crippen LogP contribution in [0.25, 0.3) is 0 Å². The Morgan fingerprint density at radius 3 is 2.60 bits per heavy atom. The Balaban J connectivity index is 3.27. The molecule has 0 heterocycles. The highest BCUT2D eigenvalue weighted by molar-refractivity contribution is 5.56. The van der Waals surface area contributed by atoms with Gasteiger partial charge in [-0.3, -0.25) is 0 Å². The first-order valence-corrected chi connectivity index (χ1v) is 3.13. The molecule has 0 spiro atoms. The second-order valence-corrected chi connectivity index (χ2v) is 2.23. The van der Waals surface area contributed by atoms with E-state index in [1.807, 2.05) is 19.9 Å². The maximum absolute atomic E-state index is 9.68. The van der Waals surface area contributed by atoms with E-state index >= 15 is 0 Å². The van der Waals surface area contributed by atoms with Gasteiger partial charge in [0.2, 0.25) is 0 Å². The summed E-state index contributed by atoms with van der Waals surface area (Å²) in [4.78, 5) is 9.68. The predicted octanol–water partition coefficient (Wildman–Crippen LogP) is 1.77. The normalized spacial score (nSPS) is 10.7. The van der Waals surface area contributed by atoms with Crippen LogP contribution in [0.2, 0.25) is 0 Å². The fraction of sp³-hybridized carbons (Fsp3) is 0.571. The zero-order chi connectivity index (χ0) is 7.98. The van der Waals surface area contributed by atoms with Gasteiger partial charge in [-0.25, -0.2) is 0 Å². The van der Waals surface area contributed by atoms with E-state index < -0.39 is 6.16 Å². The van der Waals surface area contributed by atoms with Gasteiger partial charge in [0.05, 0.1) is 0 Å². The van der Waals surface area contributed by atoms with Crippen LogP contribution in [0.4, 0.5) is 4.79 Å². The van der Waals surface area contributed by atoms with Crippen LogP contribution >= 0.6 is 0 Å². The quantitative estimate of drug-likeness (QED) is 0.446. The highest BCUT2D eigenvalue weighted by atomic mass is 16.7. The molecule has 0 saturated carbocycles. The molecule has 0 aliphatic heterocycles. The van der Waals surface area contributed by atoms with Crippen LogP contribution in [0.15, 0.2) is 12.2 Å². The fourth-order valence-corrected chi connectivity index (χ4v) is 0.444. The zero-order valence-corrected chi connectivity index (χ0v) is 6.16. The first-order chi connectivity index (χ1) is 4.63. The van der Waals surface area contributed by atoms with Gasteiger partial charge >= 0.3 is 6.16 Å². The molecule has 0 saturated heterocycles. The van der Waals surface area contributed by atoms with Crippen molar-refractivity contribution in [1.82, 2.24) is 0 Å². The average Bonchev–Trinajstić information content (AvgIpc) is 1.79. The van der Waals surface area contributed by atoms with E-state index in [0.29, 0.717) is 5.92 Å². The lowest BCUT2D eigenvalue weighted by atomic mass is 10.2. The smallest absolute Gasteiger partial charge is 0.428 e. The molecule has 57 valence electrons. The van der Waals surface area contributed by atoms with Gasteiger partial charge in [0.15, 0.2) is 0 Å². The number of carbonyl (C=O) groups excluding carboxylic acids is 1. The highest BCUT2D eigenvalue weighted by Gasteiger charge is 1.94. The van der Waals surface area contributed by atoms with Crippen molar-refractivity contribution in [2.45, 2.75) is 13.8 Å². The molecule has 1 radical (unpaired) electrons. The maximum atomic E-state index is 9.68. The van der Waals surface area contributed by atoms with Crippen LogP contribution in [0.3, 0.4) is 0 Å². The van der Waals surface area contributed by atoms with E-state index in [9.17, 15) is 9.90 Å². The van der Waals surface area contributed by atoms with Crippen molar-refractivity contribution in [2.75, 3.05) is 6.61 Å². The number of hydrogen-bond acceptors (Lipinski definition) is 2. The van der Waals surface area contributed by atoms with Gasteiger partial charge in [0, 0.05) is 0 Å². The fourth-order valence-electron chi connectivity index (χ4n) is 0.444. The van der Waals surface area contributed by atoms with Crippen LogP contribution in [0, 0.1) is 5.92 Å². The topological polar surface area (TPSA) is 46.2 Å². The number of rotatable bonds is 3. The molecular weight excluding hydrogens is 132 g/mol. The molecule has 0 aliphatic carbocycles. The van der Waals surface area contributed by atoms with Gasteiger partial charge in [-0.2, -0.15) is 9.90 Å². The van der Waals surface area contributed by atoms with E-state index in [0.717, 1.165) is 0 Å². The van der Waals surface area contributed by atoms with Crippen LogP contribution < -0.4 is 0 Å². The Bertz CT molecular complexity index is 127. The van der Waals surface area contributed by atoms with Gasteiger partial charge in [-0.1, -0.05) is 26.0 Å². The Labute approximate surface area is 60.3 Å². The van der Waals surface area contributed by atoms with E-state index in [2.05, 4.69) is 4.74 Å². The minimum atomic E-state index is -1.48. The third-order valence-corrected chi connectivity index (χ3v) is 0.818. The molecule has 3 nitrogen and oxygen atoms in total. The lowest BCUT2D eigenvalue weighted by molar-refractivity contribution is 0.0768.